The minimum absolute atomic E-state index is 0.856. The summed E-state index contributed by atoms with van der Waals surface area (Å²) in [5.74, 6) is 0.186. The topological polar surface area (TPSA) is 37.3 Å². The Kier molecular flexibility index (Phi) is 14.3. The molecule has 0 spiro atoms. The first-order chi connectivity index (χ1) is 8.77. The van der Waals surface area contributed by atoms with Crippen molar-refractivity contribution in [1.29, 1.82) is 0 Å². The van der Waals surface area contributed by atoms with Crippen LogP contribution in [0.4, 0.5) is 0 Å². The van der Waals surface area contributed by atoms with Crippen molar-refractivity contribution >= 4 is 17.7 Å². The van der Waals surface area contributed by atoms with Crippen LogP contribution in [0.5, 0.6) is 0 Å². The van der Waals surface area contributed by atoms with Gasteiger partial charge in [-0.15, -0.1) is 11.8 Å². The second kappa shape index (κ2) is 14.6. The molecule has 0 aliphatic carbocycles. The summed E-state index contributed by atoms with van der Waals surface area (Å²) in [6.07, 6.45) is 14.7. The highest BCUT2D eigenvalue weighted by Gasteiger charge is 1.92. The van der Waals surface area contributed by atoms with E-state index in [2.05, 4.69) is 6.92 Å². The van der Waals surface area contributed by atoms with Crippen molar-refractivity contribution in [2.75, 3.05) is 5.75 Å². The van der Waals surface area contributed by atoms with E-state index in [0.29, 0.717) is 0 Å². The Morgan fingerprint density at radius 3 is 1.94 bits per heavy atom. The van der Waals surface area contributed by atoms with Gasteiger partial charge in [0, 0.05) is 6.08 Å². The summed E-state index contributed by atoms with van der Waals surface area (Å²) in [5, 5.41) is 10.1. The number of thioether (sulfide) groups is 1. The molecule has 0 heterocycles. The SMILES string of the molecule is CCCCCCCCCCCCS/C=C/C(=O)O. The third-order valence-corrected chi connectivity index (χ3v) is 3.78. The summed E-state index contributed by atoms with van der Waals surface area (Å²) in [7, 11) is 0. The molecule has 106 valence electrons. The summed E-state index contributed by atoms with van der Waals surface area (Å²) in [6.45, 7) is 2.25. The van der Waals surface area contributed by atoms with Crippen molar-refractivity contribution in [1.82, 2.24) is 0 Å². The molecule has 0 amide bonds. The lowest BCUT2D eigenvalue weighted by Crippen LogP contribution is -1.85. The summed E-state index contributed by atoms with van der Waals surface area (Å²) < 4.78 is 0. The van der Waals surface area contributed by atoms with Crippen LogP contribution >= 0.6 is 11.8 Å². The summed E-state index contributed by atoms with van der Waals surface area (Å²) in [6, 6.07) is 0. The maximum absolute atomic E-state index is 10.2. The molecule has 0 unspecified atom stereocenters. The molecule has 0 aliphatic rings. The van der Waals surface area contributed by atoms with Gasteiger partial charge in [0.25, 0.3) is 0 Å². The highest BCUT2D eigenvalue weighted by molar-refractivity contribution is 8.02. The van der Waals surface area contributed by atoms with Gasteiger partial charge >= 0.3 is 5.97 Å². The lowest BCUT2D eigenvalue weighted by molar-refractivity contribution is -0.131. The predicted molar refractivity (Wildman–Crippen MR) is 81.1 cm³/mol. The normalized spacial score (nSPS) is 11.2. The second-order valence-corrected chi connectivity index (χ2v) is 5.71. The minimum atomic E-state index is -0.856. The molecule has 0 saturated carbocycles. The average Bonchev–Trinajstić information content (AvgIpc) is 2.34. The number of carboxylic acid groups (broad SMARTS) is 1. The van der Waals surface area contributed by atoms with Crippen molar-refractivity contribution in [3.8, 4) is 0 Å². The van der Waals surface area contributed by atoms with Crippen LogP contribution in [-0.2, 0) is 4.79 Å². The van der Waals surface area contributed by atoms with Crippen molar-refractivity contribution in [3.05, 3.63) is 11.5 Å². The zero-order valence-electron chi connectivity index (χ0n) is 11.7. The molecule has 3 heteroatoms. The number of hydrogen-bond donors (Lipinski definition) is 1. The molecule has 0 aromatic rings. The fourth-order valence-corrected chi connectivity index (χ4v) is 2.57. The number of unbranched alkanes of at least 4 members (excludes halogenated alkanes) is 9. The highest BCUT2D eigenvalue weighted by atomic mass is 32.2. The molecule has 0 rings (SSSR count). The maximum Gasteiger partial charge on any atom is 0.328 e. The number of rotatable bonds is 13. The van der Waals surface area contributed by atoms with E-state index in [-0.39, 0.29) is 0 Å². The average molecular weight is 272 g/mol. The van der Waals surface area contributed by atoms with Crippen LogP contribution in [0, 0.1) is 0 Å². The van der Waals surface area contributed by atoms with Crippen LogP contribution in [0.15, 0.2) is 11.5 Å². The number of hydrogen-bond acceptors (Lipinski definition) is 2. The Balaban J connectivity index is 3.01. The Hall–Kier alpha value is -0.440. The van der Waals surface area contributed by atoms with Gasteiger partial charge in [-0.1, -0.05) is 64.7 Å². The lowest BCUT2D eigenvalue weighted by Gasteiger charge is -2.01. The molecule has 0 fully saturated rings. The number of aliphatic carboxylic acids is 1. The van der Waals surface area contributed by atoms with Crippen LogP contribution in [0.25, 0.3) is 0 Å². The van der Waals surface area contributed by atoms with Crippen molar-refractivity contribution in [2.45, 2.75) is 71.1 Å². The van der Waals surface area contributed by atoms with E-state index in [4.69, 9.17) is 5.11 Å². The quantitative estimate of drug-likeness (QED) is 0.368. The Morgan fingerprint density at radius 1 is 0.944 bits per heavy atom. The molecule has 18 heavy (non-hydrogen) atoms. The van der Waals surface area contributed by atoms with Gasteiger partial charge in [0.2, 0.25) is 0 Å². The highest BCUT2D eigenvalue weighted by Crippen LogP contribution is 2.12. The molecule has 0 atom stereocenters. The monoisotopic (exact) mass is 272 g/mol. The number of carboxylic acids is 1. The van der Waals surface area contributed by atoms with E-state index in [1.807, 2.05) is 0 Å². The van der Waals surface area contributed by atoms with Gasteiger partial charge in [-0.25, -0.2) is 4.79 Å². The van der Waals surface area contributed by atoms with Crippen molar-refractivity contribution in [3.63, 3.8) is 0 Å². The fraction of sp³-hybridized carbons (Fsp3) is 0.800. The van der Waals surface area contributed by atoms with E-state index >= 15 is 0 Å². The molecule has 0 aliphatic heterocycles. The molecule has 2 nitrogen and oxygen atoms in total. The zero-order valence-corrected chi connectivity index (χ0v) is 12.5. The van der Waals surface area contributed by atoms with Gasteiger partial charge in [0.05, 0.1) is 0 Å². The first-order valence-corrected chi connectivity index (χ1v) is 8.33. The summed E-state index contributed by atoms with van der Waals surface area (Å²) >= 11 is 1.60. The molecule has 0 aromatic carbocycles. The van der Waals surface area contributed by atoms with Crippen LogP contribution in [0.2, 0.25) is 0 Å². The second-order valence-electron chi connectivity index (χ2n) is 4.69. The van der Waals surface area contributed by atoms with Crippen LogP contribution < -0.4 is 0 Å². The minimum Gasteiger partial charge on any atom is -0.478 e. The Labute approximate surface area is 116 Å². The van der Waals surface area contributed by atoms with Crippen molar-refractivity contribution < 1.29 is 9.90 Å². The van der Waals surface area contributed by atoms with Gasteiger partial charge in [0.15, 0.2) is 0 Å². The van der Waals surface area contributed by atoms with Gasteiger partial charge in [0.1, 0.15) is 0 Å². The Bertz CT molecular complexity index is 215. The molecule has 1 N–H and O–H groups in total. The maximum atomic E-state index is 10.2. The first kappa shape index (κ1) is 17.6. The van der Waals surface area contributed by atoms with Crippen molar-refractivity contribution in [2.24, 2.45) is 0 Å². The van der Waals surface area contributed by atoms with E-state index in [9.17, 15) is 4.79 Å². The van der Waals surface area contributed by atoms with E-state index in [1.165, 1.54) is 70.3 Å². The molecule has 0 bridgehead atoms. The van der Waals surface area contributed by atoms with Crippen LogP contribution in [0.1, 0.15) is 71.1 Å². The third-order valence-electron chi connectivity index (χ3n) is 2.92. The van der Waals surface area contributed by atoms with Gasteiger partial charge in [-0.05, 0) is 17.6 Å². The molecule has 0 radical (unpaired) electrons. The first-order valence-electron chi connectivity index (χ1n) is 7.28. The van der Waals surface area contributed by atoms with Gasteiger partial charge < -0.3 is 5.11 Å². The smallest absolute Gasteiger partial charge is 0.328 e. The van der Waals surface area contributed by atoms with Crippen LogP contribution in [-0.4, -0.2) is 16.8 Å². The van der Waals surface area contributed by atoms with Gasteiger partial charge in [-0.2, -0.15) is 0 Å². The van der Waals surface area contributed by atoms with E-state index < -0.39 is 5.97 Å². The lowest BCUT2D eigenvalue weighted by atomic mass is 10.1. The fourth-order valence-electron chi connectivity index (χ4n) is 1.85. The summed E-state index contributed by atoms with van der Waals surface area (Å²) in [4.78, 5) is 10.2. The zero-order chi connectivity index (χ0) is 13.5. The Morgan fingerprint density at radius 2 is 1.44 bits per heavy atom. The largest absolute Gasteiger partial charge is 0.478 e. The van der Waals surface area contributed by atoms with Gasteiger partial charge in [-0.3, -0.25) is 0 Å². The van der Waals surface area contributed by atoms with E-state index in [1.54, 1.807) is 17.2 Å². The molecular formula is C15H28O2S. The third kappa shape index (κ3) is 15.6. The molecular weight excluding hydrogens is 244 g/mol. The summed E-state index contributed by atoms with van der Waals surface area (Å²) in [5.41, 5.74) is 0. The predicted octanol–water partition coefficient (Wildman–Crippen LogP) is 5.24. The van der Waals surface area contributed by atoms with E-state index in [0.717, 1.165) is 5.75 Å². The molecule has 0 aromatic heterocycles. The van der Waals surface area contributed by atoms with Crippen LogP contribution in [0.3, 0.4) is 0 Å². The number of carbonyl (C=O) groups is 1. The standard InChI is InChI=1S/C15H28O2S/c1-2-3-4-5-6-7-8-9-10-11-13-18-14-12-15(16)17/h12,14H,2-11,13H2,1H3,(H,16,17)/b14-12+. The molecule has 0 saturated heterocycles.